The lowest BCUT2D eigenvalue weighted by atomic mass is 10.2. The summed E-state index contributed by atoms with van der Waals surface area (Å²) in [5.41, 5.74) is 0.598. The third-order valence-corrected chi connectivity index (χ3v) is 2.65. The molecule has 0 aromatic carbocycles. The number of aromatic nitrogens is 1. The van der Waals surface area contributed by atoms with Crippen molar-refractivity contribution in [2.45, 2.75) is 0 Å². The number of pyridine rings is 1. The van der Waals surface area contributed by atoms with Gasteiger partial charge in [-0.1, -0.05) is 0 Å². The van der Waals surface area contributed by atoms with E-state index in [1.807, 2.05) is 6.07 Å². The van der Waals surface area contributed by atoms with Crippen molar-refractivity contribution in [1.82, 2.24) is 4.98 Å². The van der Waals surface area contributed by atoms with Crippen LogP contribution in [0.3, 0.4) is 0 Å². The van der Waals surface area contributed by atoms with Crippen LogP contribution in [-0.4, -0.2) is 29.4 Å². The first-order valence-electron chi connectivity index (χ1n) is 4.73. The molecule has 0 aliphatic carbocycles. The van der Waals surface area contributed by atoms with Gasteiger partial charge in [-0.3, -0.25) is 9.78 Å². The van der Waals surface area contributed by atoms with Crippen LogP contribution in [0.4, 0.5) is 5.69 Å². The number of thioether (sulfide) groups is 1. The van der Waals surface area contributed by atoms with Gasteiger partial charge in [0.15, 0.2) is 5.92 Å². The molecule has 0 saturated carbocycles. The fourth-order valence-electron chi connectivity index (χ4n) is 1.10. The maximum Gasteiger partial charge on any atom is 0.329 e. The van der Waals surface area contributed by atoms with Gasteiger partial charge in [0.05, 0.1) is 25.1 Å². The van der Waals surface area contributed by atoms with Gasteiger partial charge in [-0.25, -0.2) is 4.99 Å². The fourth-order valence-corrected chi connectivity index (χ4v) is 1.68. The van der Waals surface area contributed by atoms with Crippen LogP contribution >= 0.6 is 11.8 Å². The first kappa shape index (κ1) is 13.2. The Hall–Kier alpha value is -1.87. The number of nitriles is 1. The number of carbonyl (C=O) groups is 1. The molecular formula is C11H11N3O2S. The Morgan fingerprint density at radius 3 is 2.94 bits per heavy atom. The van der Waals surface area contributed by atoms with Crippen molar-refractivity contribution < 1.29 is 9.53 Å². The highest BCUT2D eigenvalue weighted by Gasteiger charge is 2.24. The molecule has 1 aromatic heterocycles. The van der Waals surface area contributed by atoms with Gasteiger partial charge in [0.2, 0.25) is 0 Å². The van der Waals surface area contributed by atoms with Crippen LogP contribution in [-0.2, 0) is 9.53 Å². The highest BCUT2D eigenvalue weighted by molar-refractivity contribution is 8.13. The molecule has 0 aliphatic rings. The molecule has 0 amide bonds. The fraction of sp³-hybridized carbons (Fsp3) is 0.273. The average molecular weight is 249 g/mol. The van der Waals surface area contributed by atoms with Crippen LogP contribution in [0, 0.1) is 17.2 Å². The lowest BCUT2D eigenvalue weighted by Crippen LogP contribution is -2.21. The smallest absolute Gasteiger partial charge is 0.329 e. The molecule has 17 heavy (non-hydrogen) atoms. The van der Waals surface area contributed by atoms with Gasteiger partial charge < -0.3 is 4.74 Å². The molecule has 0 bridgehead atoms. The zero-order valence-corrected chi connectivity index (χ0v) is 10.3. The molecule has 6 heteroatoms. The first-order valence-corrected chi connectivity index (χ1v) is 5.95. The van der Waals surface area contributed by atoms with Gasteiger partial charge in [0.25, 0.3) is 0 Å². The lowest BCUT2D eigenvalue weighted by molar-refractivity contribution is -0.141. The zero-order valence-electron chi connectivity index (χ0n) is 9.45. The van der Waals surface area contributed by atoms with Gasteiger partial charge in [-0.05, 0) is 18.4 Å². The molecule has 88 valence electrons. The van der Waals surface area contributed by atoms with Gasteiger partial charge in [0.1, 0.15) is 5.04 Å². The lowest BCUT2D eigenvalue weighted by Gasteiger charge is -2.07. The summed E-state index contributed by atoms with van der Waals surface area (Å²) in [6.45, 7) is 0. The summed E-state index contributed by atoms with van der Waals surface area (Å²) in [6, 6.07) is 5.35. The molecule has 1 atom stereocenters. The number of hydrogen-bond acceptors (Lipinski definition) is 6. The van der Waals surface area contributed by atoms with E-state index >= 15 is 0 Å². The number of ether oxygens (including phenoxy) is 1. The third-order valence-electron chi connectivity index (χ3n) is 1.91. The molecule has 0 aliphatic heterocycles. The summed E-state index contributed by atoms with van der Waals surface area (Å²) in [4.78, 5) is 19.5. The third kappa shape index (κ3) is 3.57. The van der Waals surface area contributed by atoms with E-state index in [2.05, 4.69) is 14.7 Å². The van der Waals surface area contributed by atoms with E-state index < -0.39 is 11.9 Å². The second-order valence-electron chi connectivity index (χ2n) is 2.95. The minimum absolute atomic E-state index is 0.396. The van der Waals surface area contributed by atoms with Crippen molar-refractivity contribution in [2.24, 2.45) is 10.9 Å². The Bertz CT molecular complexity index is 454. The van der Waals surface area contributed by atoms with Crippen molar-refractivity contribution in [1.29, 1.82) is 5.26 Å². The standard InChI is InChI=1S/C11H11N3O2S/c1-16-11(15)9(6-12)10(17-2)14-8-4-3-5-13-7-8/h3-5,7,9H,1-2H3. The van der Waals surface area contributed by atoms with Crippen LogP contribution in [0.5, 0.6) is 0 Å². The monoisotopic (exact) mass is 249 g/mol. The number of rotatable bonds is 3. The minimum Gasteiger partial charge on any atom is -0.468 e. The van der Waals surface area contributed by atoms with Crippen molar-refractivity contribution >= 4 is 28.5 Å². The van der Waals surface area contributed by atoms with Crippen molar-refractivity contribution in [3.05, 3.63) is 24.5 Å². The van der Waals surface area contributed by atoms with Crippen LogP contribution in [0.2, 0.25) is 0 Å². The molecule has 0 radical (unpaired) electrons. The quantitative estimate of drug-likeness (QED) is 0.463. The van der Waals surface area contributed by atoms with E-state index in [-0.39, 0.29) is 0 Å². The minimum atomic E-state index is -0.991. The summed E-state index contributed by atoms with van der Waals surface area (Å²) < 4.78 is 4.55. The molecule has 1 aromatic rings. The molecule has 0 saturated heterocycles. The molecule has 0 N–H and O–H groups in total. The Kier molecular flexibility index (Phi) is 5.17. The second-order valence-corrected chi connectivity index (χ2v) is 3.78. The SMILES string of the molecule is COC(=O)C(C#N)C(=Nc1cccnc1)SC. The highest BCUT2D eigenvalue weighted by atomic mass is 32.2. The predicted octanol–water partition coefficient (Wildman–Crippen LogP) is 1.79. The van der Waals surface area contributed by atoms with E-state index in [1.54, 1.807) is 30.8 Å². The van der Waals surface area contributed by atoms with Crippen LogP contribution in [0.25, 0.3) is 0 Å². The number of hydrogen-bond donors (Lipinski definition) is 0. The maximum atomic E-state index is 11.4. The van der Waals surface area contributed by atoms with Crippen molar-refractivity contribution in [3.63, 3.8) is 0 Å². The highest BCUT2D eigenvalue weighted by Crippen LogP contribution is 2.18. The molecular weight excluding hydrogens is 238 g/mol. The molecule has 0 spiro atoms. The van der Waals surface area contributed by atoms with Gasteiger partial charge in [-0.15, -0.1) is 11.8 Å². The van der Waals surface area contributed by atoms with E-state index in [4.69, 9.17) is 5.26 Å². The Labute approximate surface area is 104 Å². The van der Waals surface area contributed by atoms with E-state index in [0.717, 1.165) is 0 Å². The first-order chi connectivity index (χ1) is 8.22. The Morgan fingerprint density at radius 1 is 1.71 bits per heavy atom. The van der Waals surface area contributed by atoms with Gasteiger partial charge in [-0.2, -0.15) is 5.26 Å². The van der Waals surface area contributed by atoms with E-state index in [1.165, 1.54) is 18.9 Å². The number of methoxy groups -OCH3 is 1. The predicted molar refractivity (Wildman–Crippen MR) is 66.0 cm³/mol. The summed E-state index contributed by atoms with van der Waals surface area (Å²) in [7, 11) is 1.24. The number of esters is 1. The maximum absolute atomic E-state index is 11.4. The summed E-state index contributed by atoms with van der Waals surface area (Å²) >= 11 is 1.24. The molecule has 1 rings (SSSR count). The normalized spacial score (nSPS) is 12.6. The molecule has 0 fully saturated rings. The van der Waals surface area contributed by atoms with Crippen LogP contribution < -0.4 is 0 Å². The molecule has 1 unspecified atom stereocenters. The number of aliphatic imine (C=N–C) groups is 1. The van der Waals surface area contributed by atoms with Gasteiger partial charge >= 0.3 is 5.97 Å². The molecule has 5 nitrogen and oxygen atoms in total. The summed E-state index contributed by atoms with van der Waals surface area (Å²) in [5, 5.41) is 9.34. The van der Waals surface area contributed by atoms with Crippen LogP contribution in [0.15, 0.2) is 29.5 Å². The Balaban J connectivity index is 3.02. The van der Waals surface area contributed by atoms with Crippen molar-refractivity contribution in [2.75, 3.05) is 13.4 Å². The van der Waals surface area contributed by atoms with Crippen molar-refractivity contribution in [3.8, 4) is 6.07 Å². The summed E-state index contributed by atoms with van der Waals surface area (Å²) in [6.07, 6.45) is 4.93. The van der Waals surface area contributed by atoms with E-state index in [0.29, 0.717) is 10.7 Å². The van der Waals surface area contributed by atoms with E-state index in [9.17, 15) is 4.79 Å². The topological polar surface area (TPSA) is 75.3 Å². The zero-order chi connectivity index (χ0) is 12.7. The van der Waals surface area contributed by atoms with Crippen LogP contribution in [0.1, 0.15) is 0 Å². The number of carbonyl (C=O) groups excluding carboxylic acids is 1. The largest absolute Gasteiger partial charge is 0.468 e. The van der Waals surface area contributed by atoms with Gasteiger partial charge in [0, 0.05) is 6.20 Å². The Morgan fingerprint density at radius 2 is 2.47 bits per heavy atom. The number of nitrogens with zero attached hydrogens (tertiary/aromatic N) is 3. The average Bonchev–Trinajstić information content (AvgIpc) is 2.39. The molecule has 1 heterocycles. The summed E-state index contributed by atoms with van der Waals surface area (Å²) in [5.74, 6) is -1.60. The second kappa shape index (κ2) is 6.66.